The summed E-state index contributed by atoms with van der Waals surface area (Å²) in [6.07, 6.45) is -0.00346. The van der Waals surface area contributed by atoms with Gasteiger partial charge in [-0.1, -0.05) is 25.1 Å². The number of halogens is 1. The van der Waals surface area contributed by atoms with Gasteiger partial charge in [-0.25, -0.2) is 12.8 Å². The largest absolute Gasteiger partial charge is 0.492 e. The predicted molar refractivity (Wildman–Crippen MR) is 132 cm³/mol. The Hall–Kier alpha value is -3.47. The molecule has 0 saturated carbocycles. The number of fused-ring (bicyclic) bond motifs is 1. The second-order valence-electron chi connectivity index (χ2n) is 7.99. The molecule has 4 N–H and O–H groups in total. The number of aromatic amines is 1. The molecule has 1 heterocycles. The summed E-state index contributed by atoms with van der Waals surface area (Å²) >= 11 is 0. The van der Waals surface area contributed by atoms with Crippen LogP contribution >= 0.6 is 0 Å². The van der Waals surface area contributed by atoms with Crippen LogP contribution in [0.2, 0.25) is 0 Å². The van der Waals surface area contributed by atoms with Gasteiger partial charge in [0.15, 0.2) is 0 Å². The second kappa shape index (κ2) is 10.9. The van der Waals surface area contributed by atoms with Crippen molar-refractivity contribution >= 4 is 26.6 Å². The fraction of sp³-hybridized carbons (Fsp3) is 0.240. The highest BCUT2D eigenvalue weighted by atomic mass is 32.2. The number of hydrogen-bond donors (Lipinski definition) is 4. The fourth-order valence-electron chi connectivity index (χ4n) is 3.67. The van der Waals surface area contributed by atoms with E-state index in [9.17, 15) is 17.9 Å². The Balaban J connectivity index is 1.27. The van der Waals surface area contributed by atoms with Crippen molar-refractivity contribution in [3.05, 3.63) is 83.8 Å². The first-order valence-electron chi connectivity index (χ1n) is 11.2. The summed E-state index contributed by atoms with van der Waals surface area (Å²) in [4.78, 5) is -0.178. The minimum absolute atomic E-state index is 0.178. The average Bonchev–Trinajstić information content (AvgIpc) is 3.26. The summed E-state index contributed by atoms with van der Waals surface area (Å²) in [5, 5.41) is 22.0. The molecule has 1 atom stereocenters. The monoisotopic (exact) mass is 498 g/mol. The van der Waals surface area contributed by atoms with E-state index in [4.69, 9.17) is 4.74 Å². The Labute approximate surface area is 203 Å². The maximum Gasteiger partial charge on any atom is 0.261 e. The zero-order valence-electron chi connectivity index (χ0n) is 19.2. The lowest BCUT2D eigenvalue weighted by atomic mass is 10.1. The van der Waals surface area contributed by atoms with Gasteiger partial charge in [0.25, 0.3) is 10.0 Å². The van der Waals surface area contributed by atoms with E-state index in [0.717, 1.165) is 34.8 Å². The van der Waals surface area contributed by atoms with Crippen molar-refractivity contribution in [3.8, 4) is 5.75 Å². The molecule has 35 heavy (non-hydrogen) atoms. The van der Waals surface area contributed by atoms with Gasteiger partial charge in [0.05, 0.1) is 22.2 Å². The fourth-order valence-corrected chi connectivity index (χ4v) is 4.75. The van der Waals surface area contributed by atoms with Crippen LogP contribution in [0, 0.1) is 5.82 Å². The minimum Gasteiger partial charge on any atom is -0.492 e. The molecule has 0 bridgehead atoms. The minimum atomic E-state index is -3.95. The molecule has 3 aromatic carbocycles. The molecule has 0 aliphatic rings. The zero-order chi connectivity index (χ0) is 24.8. The molecule has 1 aromatic heterocycles. The number of anilines is 1. The summed E-state index contributed by atoms with van der Waals surface area (Å²) < 4.78 is 46.6. The molecule has 0 spiro atoms. The maximum atomic E-state index is 13.4. The van der Waals surface area contributed by atoms with Crippen molar-refractivity contribution in [3.63, 3.8) is 0 Å². The Morgan fingerprint density at radius 3 is 2.74 bits per heavy atom. The van der Waals surface area contributed by atoms with Crippen molar-refractivity contribution in [2.75, 3.05) is 24.4 Å². The Morgan fingerprint density at radius 1 is 1.11 bits per heavy atom. The van der Waals surface area contributed by atoms with E-state index in [1.807, 2.05) is 18.2 Å². The van der Waals surface area contributed by atoms with Gasteiger partial charge in [0, 0.05) is 30.2 Å². The number of H-pyrrole nitrogens is 1. The lowest BCUT2D eigenvalue weighted by molar-refractivity contribution is 0.172. The van der Waals surface area contributed by atoms with Crippen molar-refractivity contribution in [1.29, 1.82) is 0 Å². The van der Waals surface area contributed by atoms with E-state index in [2.05, 4.69) is 27.2 Å². The van der Waals surface area contributed by atoms with E-state index in [-0.39, 0.29) is 17.1 Å². The third-order valence-electron chi connectivity index (χ3n) is 5.46. The van der Waals surface area contributed by atoms with Gasteiger partial charge in [-0.15, -0.1) is 0 Å². The van der Waals surface area contributed by atoms with Crippen LogP contribution in [0.3, 0.4) is 0 Å². The van der Waals surface area contributed by atoms with Crippen molar-refractivity contribution < 1.29 is 22.7 Å². The maximum absolute atomic E-state index is 13.4. The van der Waals surface area contributed by atoms with Crippen LogP contribution in [0.25, 0.3) is 10.9 Å². The van der Waals surface area contributed by atoms with Crippen LogP contribution in [-0.2, 0) is 16.4 Å². The van der Waals surface area contributed by atoms with Gasteiger partial charge in [-0.2, -0.15) is 5.10 Å². The highest BCUT2D eigenvalue weighted by molar-refractivity contribution is 7.92. The number of nitrogens with one attached hydrogen (secondary N) is 3. The summed E-state index contributed by atoms with van der Waals surface area (Å²) in [6, 6.07) is 17.0. The first-order chi connectivity index (χ1) is 16.9. The number of aromatic nitrogens is 2. The Kier molecular flexibility index (Phi) is 7.64. The molecule has 0 aliphatic carbocycles. The normalized spacial score (nSPS) is 12.5. The number of benzene rings is 3. The lowest BCUT2D eigenvalue weighted by Crippen LogP contribution is -2.26. The molecule has 0 aliphatic heterocycles. The summed E-state index contributed by atoms with van der Waals surface area (Å²) in [7, 11) is -3.95. The number of sulfonamides is 1. The van der Waals surface area contributed by atoms with E-state index < -0.39 is 21.9 Å². The Morgan fingerprint density at radius 2 is 1.94 bits per heavy atom. The van der Waals surface area contributed by atoms with E-state index >= 15 is 0 Å². The molecule has 4 rings (SSSR count). The summed E-state index contributed by atoms with van der Waals surface area (Å²) in [6.45, 7) is 3.22. The molecule has 8 nitrogen and oxygen atoms in total. The van der Waals surface area contributed by atoms with E-state index in [0.29, 0.717) is 18.7 Å². The van der Waals surface area contributed by atoms with Crippen LogP contribution in [0.15, 0.2) is 71.6 Å². The number of ether oxygens (including phenoxy) is 1. The van der Waals surface area contributed by atoms with Crippen LogP contribution in [0.4, 0.5) is 10.1 Å². The number of hydrogen-bond acceptors (Lipinski definition) is 6. The third-order valence-corrected chi connectivity index (χ3v) is 6.84. The van der Waals surface area contributed by atoms with Gasteiger partial charge in [0.2, 0.25) is 0 Å². The van der Waals surface area contributed by atoms with Gasteiger partial charge in [-0.3, -0.25) is 9.82 Å². The van der Waals surface area contributed by atoms with Crippen LogP contribution in [0.5, 0.6) is 5.75 Å². The average molecular weight is 499 g/mol. The second-order valence-corrected chi connectivity index (χ2v) is 9.67. The number of rotatable bonds is 11. The molecular weight excluding hydrogens is 471 g/mol. The SMILES string of the molecule is CCc1n[nH]c2cc(OCCNC[C@H](O)c3cccc(NS(=O)(=O)c4cccc(F)c4)c3)ccc12. The van der Waals surface area contributed by atoms with E-state index in [1.54, 1.807) is 24.3 Å². The van der Waals surface area contributed by atoms with Crippen LogP contribution in [0.1, 0.15) is 24.3 Å². The highest BCUT2D eigenvalue weighted by Crippen LogP contribution is 2.23. The first kappa shape index (κ1) is 24.6. The van der Waals surface area contributed by atoms with Crippen LogP contribution < -0.4 is 14.8 Å². The van der Waals surface area contributed by atoms with Gasteiger partial charge < -0.3 is 15.2 Å². The number of aliphatic hydroxyl groups is 1. The van der Waals surface area contributed by atoms with E-state index in [1.165, 1.54) is 18.2 Å². The highest BCUT2D eigenvalue weighted by Gasteiger charge is 2.16. The number of aliphatic hydroxyl groups excluding tert-OH is 1. The molecule has 4 aromatic rings. The quantitative estimate of drug-likeness (QED) is 0.234. The predicted octanol–water partition coefficient (Wildman–Crippen LogP) is 3.77. The first-order valence-corrected chi connectivity index (χ1v) is 12.7. The topological polar surface area (TPSA) is 116 Å². The third kappa shape index (κ3) is 6.16. The molecule has 0 fully saturated rings. The lowest BCUT2D eigenvalue weighted by Gasteiger charge is -2.15. The van der Waals surface area contributed by atoms with Crippen LogP contribution in [-0.4, -0.2) is 43.4 Å². The molecule has 10 heteroatoms. The molecule has 0 radical (unpaired) electrons. The number of nitrogens with zero attached hydrogens (tertiary/aromatic N) is 1. The van der Waals surface area contributed by atoms with Gasteiger partial charge >= 0.3 is 0 Å². The number of aryl methyl sites for hydroxylation is 1. The standard InChI is InChI=1S/C25H27FN4O4S/c1-2-23-22-10-9-20(15-24(22)29-28-23)34-12-11-27-16-25(31)17-5-3-7-19(13-17)30-35(32,33)21-8-4-6-18(26)14-21/h3-10,13-15,25,27,30-31H,2,11-12,16H2,1H3,(H,28,29)/t25-/m0/s1. The summed E-state index contributed by atoms with van der Waals surface area (Å²) in [5.41, 5.74) is 2.76. The zero-order valence-corrected chi connectivity index (χ0v) is 20.0. The molecule has 0 amide bonds. The van der Waals surface area contributed by atoms with Crippen molar-refractivity contribution in [1.82, 2.24) is 15.5 Å². The molecule has 184 valence electrons. The van der Waals surface area contributed by atoms with Gasteiger partial charge in [0.1, 0.15) is 18.2 Å². The van der Waals surface area contributed by atoms with Gasteiger partial charge in [-0.05, 0) is 54.4 Å². The molecular formula is C25H27FN4O4S. The Bertz CT molecular complexity index is 1410. The summed E-state index contributed by atoms with van der Waals surface area (Å²) in [5.74, 6) is 0.0871. The smallest absolute Gasteiger partial charge is 0.261 e. The molecule has 0 saturated heterocycles. The molecule has 0 unspecified atom stereocenters. The van der Waals surface area contributed by atoms with Crippen molar-refractivity contribution in [2.24, 2.45) is 0 Å². The van der Waals surface area contributed by atoms with Crippen molar-refractivity contribution in [2.45, 2.75) is 24.3 Å².